The maximum Gasteiger partial charge on any atom is 0.417 e. The van der Waals surface area contributed by atoms with Crippen molar-refractivity contribution in [3.63, 3.8) is 0 Å². The third kappa shape index (κ3) is 3.95. The number of amides is 2. The lowest BCUT2D eigenvalue weighted by Gasteiger charge is -2.20. The molecule has 1 N–H and O–H groups in total. The van der Waals surface area contributed by atoms with Crippen LogP contribution in [0.1, 0.15) is 31.9 Å². The van der Waals surface area contributed by atoms with Crippen LogP contribution in [0.3, 0.4) is 0 Å². The summed E-state index contributed by atoms with van der Waals surface area (Å²) < 4.78 is 43.8. The van der Waals surface area contributed by atoms with E-state index in [0.717, 1.165) is 28.1 Å². The van der Waals surface area contributed by atoms with E-state index in [1.807, 2.05) is 13.8 Å². The fraction of sp³-hybridized carbons (Fsp3) is 0.333. The number of halogens is 3. The lowest BCUT2D eigenvalue weighted by atomic mass is 9.86. The Morgan fingerprint density at radius 2 is 1.91 bits per heavy atom. The van der Waals surface area contributed by atoms with Gasteiger partial charge >= 0.3 is 6.18 Å². The average Bonchev–Trinajstić information content (AvgIpc) is 3.30. The van der Waals surface area contributed by atoms with Gasteiger partial charge in [-0.25, -0.2) is 4.98 Å². The highest BCUT2D eigenvalue weighted by molar-refractivity contribution is 7.09. The smallest absolute Gasteiger partial charge is 0.313 e. The molecule has 4 heterocycles. The number of anilines is 4. The number of likely N-dealkylation sites (N-methyl/N-ethyl adjacent to an activating group) is 1. The molecule has 13 heteroatoms. The molecule has 0 atom stereocenters. The largest absolute Gasteiger partial charge is 0.417 e. The van der Waals surface area contributed by atoms with Crippen molar-refractivity contribution in [2.45, 2.75) is 32.4 Å². The van der Waals surface area contributed by atoms with Crippen molar-refractivity contribution in [1.29, 1.82) is 0 Å². The van der Waals surface area contributed by atoms with Gasteiger partial charge in [-0.1, -0.05) is 0 Å². The second-order valence-electron chi connectivity index (χ2n) is 8.29. The van der Waals surface area contributed by atoms with E-state index in [-0.39, 0.29) is 28.4 Å². The van der Waals surface area contributed by atoms with E-state index in [9.17, 15) is 22.8 Å². The van der Waals surface area contributed by atoms with Gasteiger partial charge in [0, 0.05) is 38.7 Å². The van der Waals surface area contributed by atoms with Gasteiger partial charge in [0.05, 0.1) is 28.6 Å². The Hall–Kier alpha value is -3.61. The topological polar surface area (TPSA) is 104 Å². The van der Waals surface area contributed by atoms with Gasteiger partial charge in [-0.15, -0.1) is 0 Å². The molecule has 1 aliphatic rings. The van der Waals surface area contributed by atoms with Crippen LogP contribution in [-0.2, 0) is 21.2 Å². The maximum atomic E-state index is 13.2. The van der Waals surface area contributed by atoms with Crippen molar-refractivity contribution in [3.05, 3.63) is 35.7 Å². The Morgan fingerprint density at radius 3 is 2.56 bits per heavy atom. The molecule has 3 aromatic heterocycles. The third-order valence-electron chi connectivity index (χ3n) is 5.67. The monoisotopic (exact) mass is 491 g/mol. The first-order chi connectivity index (χ1) is 15.8. The van der Waals surface area contributed by atoms with E-state index in [0.29, 0.717) is 17.6 Å². The molecule has 1 aliphatic heterocycles. The van der Waals surface area contributed by atoms with Crippen LogP contribution in [0.25, 0.3) is 11.5 Å². The number of pyridine rings is 2. The van der Waals surface area contributed by atoms with E-state index in [2.05, 4.69) is 24.6 Å². The van der Waals surface area contributed by atoms with Crippen molar-refractivity contribution in [1.82, 2.24) is 19.3 Å². The molecule has 9 nitrogen and oxygen atoms in total. The van der Waals surface area contributed by atoms with E-state index < -0.39 is 23.1 Å². The molecule has 0 aliphatic carbocycles. The van der Waals surface area contributed by atoms with Gasteiger partial charge in [0.25, 0.3) is 0 Å². The van der Waals surface area contributed by atoms with Crippen LogP contribution in [0.2, 0.25) is 0 Å². The molecular formula is C21H20F3N7O2S. The lowest BCUT2D eigenvalue weighted by Crippen LogP contribution is -2.33. The number of hydrogen-bond donors (Lipinski definition) is 1. The van der Waals surface area contributed by atoms with Gasteiger partial charge in [-0.05, 0) is 31.5 Å². The Labute approximate surface area is 196 Å². The van der Waals surface area contributed by atoms with Crippen LogP contribution >= 0.6 is 11.5 Å². The van der Waals surface area contributed by atoms with E-state index in [1.54, 1.807) is 24.2 Å². The molecule has 0 fully saturated rings. The van der Waals surface area contributed by atoms with Crippen LogP contribution in [0, 0.1) is 0 Å². The molecule has 0 radical (unpaired) electrons. The van der Waals surface area contributed by atoms with E-state index in [4.69, 9.17) is 0 Å². The zero-order chi connectivity index (χ0) is 25.0. The predicted octanol–water partition coefficient (Wildman–Crippen LogP) is 3.99. The molecule has 0 saturated heterocycles. The van der Waals surface area contributed by atoms with Crippen molar-refractivity contribution in [3.8, 4) is 11.5 Å². The van der Waals surface area contributed by atoms with Crippen LogP contribution in [-0.4, -0.2) is 45.2 Å². The SMILES string of the molecule is CC(=O)N(C)c1cc(C(F)(F)F)cnc1Nc1nc(-c2cc3c(cn2)N(C)C(=O)C3(C)C)ns1. The zero-order valence-electron chi connectivity index (χ0n) is 18.9. The molecule has 4 rings (SSSR count). The van der Waals surface area contributed by atoms with Crippen molar-refractivity contribution in [2.75, 3.05) is 29.2 Å². The minimum Gasteiger partial charge on any atom is -0.313 e. The van der Waals surface area contributed by atoms with Crippen LogP contribution < -0.4 is 15.1 Å². The Balaban J connectivity index is 1.67. The molecule has 0 bridgehead atoms. The molecule has 0 unspecified atom stereocenters. The van der Waals surface area contributed by atoms with Gasteiger partial charge < -0.3 is 15.1 Å². The Kier molecular flexibility index (Phi) is 5.55. The number of alkyl halides is 3. The summed E-state index contributed by atoms with van der Waals surface area (Å²) >= 11 is 0.957. The summed E-state index contributed by atoms with van der Waals surface area (Å²) in [6.45, 7) is 4.88. The number of fused-ring (bicyclic) bond motifs is 1. The number of carbonyl (C=O) groups is 2. The average molecular weight is 491 g/mol. The maximum absolute atomic E-state index is 13.2. The number of aromatic nitrogens is 4. The van der Waals surface area contributed by atoms with Gasteiger partial charge in [-0.3, -0.25) is 14.6 Å². The summed E-state index contributed by atoms with van der Waals surface area (Å²) in [5.41, 5.74) is 0.180. The number of nitrogens with one attached hydrogen (secondary N) is 1. The summed E-state index contributed by atoms with van der Waals surface area (Å²) in [4.78, 5) is 39.5. The molecule has 0 aromatic carbocycles. The summed E-state index contributed by atoms with van der Waals surface area (Å²) in [6, 6.07) is 2.60. The second kappa shape index (κ2) is 8.01. The van der Waals surface area contributed by atoms with Gasteiger partial charge in [-0.2, -0.15) is 22.5 Å². The Bertz CT molecular complexity index is 1310. The molecule has 0 saturated carbocycles. The fourth-order valence-corrected chi connectivity index (χ4v) is 4.17. The minimum atomic E-state index is -4.61. The second-order valence-corrected chi connectivity index (χ2v) is 9.04. The molecule has 3 aromatic rings. The number of carbonyl (C=O) groups excluding carboxylic acids is 2. The zero-order valence-corrected chi connectivity index (χ0v) is 19.7. The minimum absolute atomic E-state index is 0.0173. The molecule has 0 spiro atoms. The van der Waals surface area contributed by atoms with Crippen molar-refractivity contribution >= 4 is 45.7 Å². The van der Waals surface area contributed by atoms with Gasteiger partial charge in [0.1, 0.15) is 5.69 Å². The number of hydrogen-bond acceptors (Lipinski definition) is 8. The number of rotatable bonds is 4. The molecular weight excluding hydrogens is 471 g/mol. The molecule has 34 heavy (non-hydrogen) atoms. The van der Waals surface area contributed by atoms with Crippen LogP contribution in [0.15, 0.2) is 24.5 Å². The van der Waals surface area contributed by atoms with Gasteiger partial charge in [0.15, 0.2) is 11.6 Å². The van der Waals surface area contributed by atoms with Crippen LogP contribution in [0.5, 0.6) is 0 Å². The van der Waals surface area contributed by atoms with E-state index >= 15 is 0 Å². The standard InChI is InChI=1S/C21H20F3N7O2S/c1-10(32)30(4)14-6-11(21(22,23)24)8-26-17(14)28-19-27-16(29-34-19)13-7-12-15(9-25-13)31(5)18(33)20(12,2)3/h6-9H,1-5H3,(H,26,27,28,29). The molecule has 2 amide bonds. The summed E-state index contributed by atoms with van der Waals surface area (Å²) in [6.07, 6.45) is -2.35. The van der Waals surface area contributed by atoms with Crippen LogP contribution in [0.4, 0.5) is 35.5 Å². The first-order valence-electron chi connectivity index (χ1n) is 10.0. The first kappa shape index (κ1) is 23.5. The third-order valence-corrected chi connectivity index (χ3v) is 6.30. The number of nitrogens with zero attached hydrogens (tertiary/aromatic N) is 6. The summed E-state index contributed by atoms with van der Waals surface area (Å²) in [5, 5.41) is 3.09. The normalized spacial score (nSPS) is 14.8. The lowest BCUT2D eigenvalue weighted by molar-refractivity contribution is -0.137. The highest BCUT2D eigenvalue weighted by Gasteiger charge is 2.42. The van der Waals surface area contributed by atoms with Crippen molar-refractivity contribution in [2.24, 2.45) is 0 Å². The fourth-order valence-electron chi connectivity index (χ4n) is 3.59. The highest BCUT2D eigenvalue weighted by atomic mass is 32.1. The summed E-state index contributed by atoms with van der Waals surface area (Å²) in [7, 11) is 3.04. The van der Waals surface area contributed by atoms with Crippen molar-refractivity contribution < 1.29 is 22.8 Å². The van der Waals surface area contributed by atoms with E-state index in [1.165, 1.54) is 14.0 Å². The highest BCUT2D eigenvalue weighted by Crippen LogP contribution is 2.42. The summed E-state index contributed by atoms with van der Waals surface area (Å²) in [5.74, 6) is -0.220. The molecule has 178 valence electrons. The Morgan fingerprint density at radius 1 is 1.21 bits per heavy atom. The van der Waals surface area contributed by atoms with Gasteiger partial charge in [0.2, 0.25) is 16.9 Å². The quantitative estimate of drug-likeness (QED) is 0.588. The predicted molar refractivity (Wildman–Crippen MR) is 121 cm³/mol. The first-order valence-corrected chi connectivity index (χ1v) is 10.8.